The summed E-state index contributed by atoms with van der Waals surface area (Å²) in [5.41, 5.74) is 1.13. The van der Waals surface area contributed by atoms with Crippen molar-refractivity contribution in [1.82, 2.24) is 5.32 Å². The van der Waals surface area contributed by atoms with Gasteiger partial charge in [0.15, 0.2) is 0 Å². The van der Waals surface area contributed by atoms with Crippen molar-refractivity contribution in [3.63, 3.8) is 0 Å². The smallest absolute Gasteiger partial charge is 0.123 e. The van der Waals surface area contributed by atoms with E-state index in [9.17, 15) is 0 Å². The van der Waals surface area contributed by atoms with Crippen molar-refractivity contribution in [3.05, 3.63) is 29.8 Å². The van der Waals surface area contributed by atoms with Crippen LogP contribution in [0.4, 0.5) is 0 Å². The quantitative estimate of drug-likeness (QED) is 0.819. The molecule has 0 aliphatic heterocycles. The molecule has 1 rings (SSSR count). The lowest BCUT2D eigenvalue weighted by Crippen LogP contribution is -2.41. The van der Waals surface area contributed by atoms with Gasteiger partial charge in [0.25, 0.3) is 0 Å². The molecule has 0 heterocycles. The highest BCUT2D eigenvalue weighted by atomic mass is 16.5. The van der Waals surface area contributed by atoms with Crippen molar-refractivity contribution in [2.45, 2.75) is 39.3 Å². The van der Waals surface area contributed by atoms with Gasteiger partial charge in [0.2, 0.25) is 0 Å². The van der Waals surface area contributed by atoms with Gasteiger partial charge in [-0.1, -0.05) is 32.0 Å². The molecule has 0 fully saturated rings. The van der Waals surface area contributed by atoms with E-state index in [1.807, 2.05) is 18.2 Å². The molecule has 84 valence electrons. The maximum atomic E-state index is 5.37. The van der Waals surface area contributed by atoms with Gasteiger partial charge in [-0.2, -0.15) is 0 Å². The predicted molar refractivity (Wildman–Crippen MR) is 64.3 cm³/mol. The summed E-state index contributed by atoms with van der Waals surface area (Å²) >= 11 is 0. The van der Waals surface area contributed by atoms with E-state index in [4.69, 9.17) is 4.74 Å². The molecule has 0 spiro atoms. The fraction of sp³-hybridized carbons (Fsp3) is 0.538. The van der Waals surface area contributed by atoms with Crippen molar-refractivity contribution >= 4 is 0 Å². The Morgan fingerprint density at radius 1 is 1.20 bits per heavy atom. The maximum Gasteiger partial charge on any atom is 0.123 e. The van der Waals surface area contributed by atoms with Crippen LogP contribution in [0.15, 0.2) is 24.3 Å². The number of para-hydroxylation sites is 1. The van der Waals surface area contributed by atoms with E-state index in [0.29, 0.717) is 6.04 Å². The standard InChI is InChI=1S/C13H21NO/c1-10(2)14-13(3,4)11-8-6-7-9-12(11)15-5/h6-10,14H,1-5H3. The van der Waals surface area contributed by atoms with Gasteiger partial charge in [-0.15, -0.1) is 0 Å². The summed E-state index contributed by atoms with van der Waals surface area (Å²) in [6.07, 6.45) is 0. The van der Waals surface area contributed by atoms with Crippen molar-refractivity contribution < 1.29 is 4.74 Å². The van der Waals surface area contributed by atoms with Crippen molar-refractivity contribution in [1.29, 1.82) is 0 Å². The van der Waals surface area contributed by atoms with Crippen LogP contribution in [0.3, 0.4) is 0 Å². The van der Waals surface area contributed by atoms with Gasteiger partial charge in [-0.25, -0.2) is 0 Å². The number of ether oxygens (including phenoxy) is 1. The molecule has 2 heteroatoms. The van der Waals surface area contributed by atoms with Crippen LogP contribution in [-0.4, -0.2) is 13.2 Å². The highest BCUT2D eigenvalue weighted by Gasteiger charge is 2.24. The predicted octanol–water partition coefficient (Wildman–Crippen LogP) is 2.93. The van der Waals surface area contributed by atoms with Gasteiger partial charge in [0.05, 0.1) is 7.11 Å². The molecule has 0 aliphatic rings. The Morgan fingerprint density at radius 2 is 1.80 bits per heavy atom. The lowest BCUT2D eigenvalue weighted by atomic mass is 9.92. The highest BCUT2D eigenvalue weighted by Crippen LogP contribution is 2.29. The number of methoxy groups -OCH3 is 1. The molecule has 0 unspecified atom stereocenters. The van der Waals surface area contributed by atoms with Gasteiger partial charge in [0.1, 0.15) is 5.75 Å². The van der Waals surface area contributed by atoms with Crippen LogP contribution in [0, 0.1) is 0 Å². The Hall–Kier alpha value is -1.02. The first-order valence-electron chi connectivity index (χ1n) is 5.38. The Labute approximate surface area is 92.6 Å². The average Bonchev–Trinajstić information content (AvgIpc) is 2.16. The minimum Gasteiger partial charge on any atom is -0.496 e. The van der Waals surface area contributed by atoms with Gasteiger partial charge >= 0.3 is 0 Å². The summed E-state index contributed by atoms with van der Waals surface area (Å²) in [6.45, 7) is 8.64. The Balaban J connectivity index is 3.02. The first kappa shape index (κ1) is 12.1. The summed E-state index contributed by atoms with van der Waals surface area (Å²) in [5, 5.41) is 3.53. The first-order chi connectivity index (χ1) is 6.97. The first-order valence-corrected chi connectivity index (χ1v) is 5.38. The topological polar surface area (TPSA) is 21.3 Å². The van der Waals surface area contributed by atoms with Crippen LogP contribution in [0.1, 0.15) is 33.3 Å². The second-order valence-corrected chi connectivity index (χ2v) is 4.62. The summed E-state index contributed by atoms with van der Waals surface area (Å²) in [6, 6.07) is 8.59. The molecular weight excluding hydrogens is 186 g/mol. The van der Waals surface area contributed by atoms with Crippen LogP contribution in [0.25, 0.3) is 0 Å². The maximum absolute atomic E-state index is 5.37. The summed E-state index contributed by atoms with van der Waals surface area (Å²) in [7, 11) is 1.71. The molecule has 2 nitrogen and oxygen atoms in total. The van der Waals surface area contributed by atoms with E-state index in [2.05, 4.69) is 39.1 Å². The summed E-state index contributed by atoms with van der Waals surface area (Å²) < 4.78 is 5.37. The van der Waals surface area contributed by atoms with E-state index >= 15 is 0 Å². The second kappa shape index (κ2) is 4.67. The fourth-order valence-electron chi connectivity index (χ4n) is 1.96. The zero-order chi connectivity index (χ0) is 11.5. The van der Waals surface area contributed by atoms with Crippen molar-refractivity contribution in [3.8, 4) is 5.75 Å². The largest absolute Gasteiger partial charge is 0.496 e. The third kappa shape index (κ3) is 2.96. The van der Waals surface area contributed by atoms with Crippen molar-refractivity contribution in [2.75, 3.05) is 7.11 Å². The number of hydrogen-bond donors (Lipinski definition) is 1. The summed E-state index contributed by atoms with van der Waals surface area (Å²) in [4.78, 5) is 0. The SMILES string of the molecule is COc1ccccc1C(C)(C)NC(C)C. The molecule has 0 aliphatic carbocycles. The zero-order valence-corrected chi connectivity index (χ0v) is 10.3. The average molecular weight is 207 g/mol. The van der Waals surface area contributed by atoms with Gasteiger partial charge in [-0.3, -0.25) is 0 Å². The Kier molecular flexibility index (Phi) is 3.75. The van der Waals surface area contributed by atoms with Gasteiger partial charge in [-0.05, 0) is 19.9 Å². The molecule has 1 aromatic carbocycles. The lowest BCUT2D eigenvalue weighted by Gasteiger charge is -2.30. The molecule has 0 radical (unpaired) electrons. The van der Waals surface area contributed by atoms with Gasteiger partial charge in [0, 0.05) is 17.1 Å². The van der Waals surface area contributed by atoms with E-state index in [1.165, 1.54) is 5.56 Å². The normalized spacial score (nSPS) is 11.9. The molecule has 1 N–H and O–H groups in total. The molecule has 1 aromatic rings. The highest BCUT2D eigenvalue weighted by molar-refractivity contribution is 5.38. The number of hydrogen-bond acceptors (Lipinski definition) is 2. The number of nitrogens with one attached hydrogen (secondary N) is 1. The number of rotatable bonds is 4. The molecule has 0 bridgehead atoms. The van der Waals surface area contributed by atoms with Crippen LogP contribution in [0.2, 0.25) is 0 Å². The lowest BCUT2D eigenvalue weighted by molar-refractivity contribution is 0.339. The zero-order valence-electron chi connectivity index (χ0n) is 10.3. The van der Waals surface area contributed by atoms with Crippen molar-refractivity contribution in [2.24, 2.45) is 0 Å². The van der Waals surface area contributed by atoms with Crippen LogP contribution in [0.5, 0.6) is 5.75 Å². The third-order valence-electron chi connectivity index (χ3n) is 2.43. The minimum atomic E-state index is -0.0687. The van der Waals surface area contributed by atoms with Crippen LogP contribution >= 0.6 is 0 Å². The molecule has 0 saturated heterocycles. The Morgan fingerprint density at radius 3 is 2.33 bits per heavy atom. The van der Waals surface area contributed by atoms with Crippen LogP contribution in [-0.2, 0) is 5.54 Å². The molecule has 0 amide bonds. The monoisotopic (exact) mass is 207 g/mol. The molecule has 0 aromatic heterocycles. The van der Waals surface area contributed by atoms with Gasteiger partial charge < -0.3 is 10.1 Å². The fourth-order valence-corrected chi connectivity index (χ4v) is 1.96. The van der Waals surface area contributed by atoms with E-state index in [1.54, 1.807) is 7.11 Å². The van der Waals surface area contributed by atoms with E-state index < -0.39 is 0 Å². The molecule has 15 heavy (non-hydrogen) atoms. The molecule has 0 saturated carbocycles. The Bertz CT molecular complexity index is 318. The molecular formula is C13H21NO. The second-order valence-electron chi connectivity index (χ2n) is 4.62. The minimum absolute atomic E-state index is 0.0687. The third-order valence-corrected chi connectivity index (χ3v) is 2.43. The van der Waals surface area contributed by atoms with E-state index in [-0.39, 0.29) is 5.54 Å². The van der Waals surface area contributed by atoms with E-state index in [0.717, 1.165) is 5.75 Å². The van der Waals surface area contributed by atoms with Crippen LogP contribution < -0.4 is 10.1 Å². The number of benzene rings is 1. The summed E-state index contributed by atoms with van der Waals surface area (Å²) in [5.74, 6) is 0.940. The molecule has 0 atom stereocenters.